The van der Waals surface area contributed by atoms with Crippen molar-refractivity contribution in [3.8, 4) is 0 Å². The van der Waals surface area contributed by atoms with E-state index in [2.05, 4.69) is 28.2 Å². The second-order valence-corrected chi connectivity index (χ2v) is 10.3. The molecule has 1 fully saturated rings. The van der Waals surface area contributed by atoms with Gasteiger partial charge in [-0.3, -0.25) is 19.4 Å². The van der Waals surface area contributed by atoms with Crippen molar-refractivity contribution in [1.82, 2.24) is 9.80 Å². The van der Waals surface area contributed by atoms with Gasteiger partial charge in [-0.15, -0.1) is 11.3 Å². The van der Waals surface area contributed by atoms with Crippen molar-refractivity contribution in [2.45, 2.75) is 44.9 Å². The fourth-order valence-electron chi connectivity index (χ4n) is 3.95. The van der Waals surface area contributed by atoms with Gasteiger partial charge in [0.1, 0.15) is 11.6 Å². The Kier molecular flexibility index (Phi) is 12.9. The minimum absolute atomic E-state index is 0.340. The SMILES string of the molecule is Cc1ccsc1CN(CCCN1CCOCC1)Cc1cc(F)ccc1F.O=C(O)CC(O)(CC(=O)O)C(=O)O. The van der Waals surface area contributed by atoms with E-state index in [4.69, 9.17) is 25.2 Å². The Balaban J connectivity index is 0.000000349. The molecule has 1 aliphatic heterocycles. The van der Waals surface area contributed by atoms with E-state index in [0.717, 1.165) is 52.4 Å². The van der Waals surface area contributed by atoms with E-state index < -0.39 is 36.4 Å². The minimum atomic E-state index is -2.74. The summed E-state index contributed by atoms with van der Waals surface area (Å²) in [5.41, 5.74) is -1.06. The molecule has 1 aliphatic rings. The lowest BCUT2D eigenvalue weighted by Crippen LogP contribution is -2.42. The van der Waals surface area contributed by atoms with Crippen LogP contribution in [0.2, 0.25) is 0 Å². The lowest BCUT2D eigenvalue weighted by molar-refractivity contribution is -0.170. The van der Waals surface area contributed by atoms with Crippen molar-refractivity contribution in [2.24, 2.45) is 0 Å². The number of aryl methyl sites for hydroxylation is 1. The number of carboxylic acid groups (broad SMARTS) is 3. The van der Waals surface area contributed by atoms with Crippen molar-refractivity contribution >= 4 is 29.2 Å². The Hall–Kier alpha value is -2.97. The van der Waals surface area contributed by atoms with E-state index in [1.54, 1.807) is 11.3 Å². The van der Waals surface area contributed by atoms with Crippen LogP contribution in [-0.2, 0) is 32.2 Å². The summed E-state index contributed by atoms with van der Waals surface area (Å²) in [6.45, 7) is 8.69. The summed E-state index contributed by atoms with van der Waals surface area (Å²) >= 11 is 1.72. The van der Waals surface area contributed by atoms with Crippen LogP contribution >= 0.6 is 11.3 Å². The zero-order chi connectivity index (χ0) is 29.0. The van der Waals surface area contributed by atoms with E-state index in [9.17, 15) is 23.2 Å². The average Bonchev–Trinajstić information content (AvgIpc) is 3.25. The molecule has 13 heteroatoms. The second kappa shape index (κ2) is 15.6. The Morgan fingerprint density at radius 2 is 1.69 bits per heavy atom. The molecule has 0 amide bonds. The molecular weight excluding hydrogens is 538 g/mol. The summed E-state index contributed by atoms with van der Waals surface area (Å²) in [6.07, 6.45) is -1.29. The standard InChI is InChI=1S/C20H26F2N2OS.C6H8O7/c1-16-5-12-26-20(16)15-24(7-2-6-23-8-10-25-11-9-23)14-17-13-18(21)3-4-19(17)22;7-3(8)1-6(13,5(11)12)2-4(9)10/h3-5,12-13H,2,6-11,14-15H2,1H3;13H,1-2H2,(H,7,8)(H,9,10)(H,11,12). The van der Waals surface area contributed by atoms with Gasteiger partial charge in [-0.1, -0.05) is 0 Å². The zero-order valence-corrected chi connectivity index (χ0v) is 22.5. The Labute approximate surface area is 229 Å². The lowest BCUT2D eigenvalue weighted by Gasteiger charge is -2.28. The number of hydrogen-bond acceptors (Lipinski definition) is 8. The number of carbonyl (C=O) groups is 3. The van der Waals surface area contributed by atoms with Gasteiger partial charge in [0.2, 0.25) is 0 Å². The normalized spacial score (nSPS) is 14.1. The van der Waals surface area contributed by atoms with Crippen LogP contribution in [0.4, 0.5) is 8.78 Å². The van der Waals surface area contributed by atoms with Crippen molar-refractivity contribution in [3.63, 3.8) is 0 Å². The maximum absolute atomic E-state index is 14.1. The summed E-state index contributed by atoms with van der Waals surface area (Å²) in [6, 6.07) is 5.80. The Bertz CT molecular complexity index is 1090. The number of aliphatic hydroxyl groups is 1. The van der Waals surface area contributed by atoms with Gasteiger partial charge < -0.3 is 25.2 Å². The third-order valence-corrected chi connectivity index (χ3v) is 7.08. The first-order chi connectivity index (χ1) is 18.4. The van der Waals surface area contributed by atoms with Gasteiger partial charge in [0.25, 0.3) is 0 Å². The summed E-state index contributed by atoms with van der Waals surface area (Å²) in [7, 11) is 0. The average molecular weight is 573 g/mol. The molecule has 0 atom stereocenters. The number of hydrogen-bond donors (Lipinski definition) is 4. The van der Waals surface area contributed by atoms with Crippen molar-refractivity contribution in [3.05, 3.63) is 57.3 Å². The third-order valence-electron chi connectivity index (χ3n) is 6.07. The van der Waals surface area contributed by atoms with Crippen LogP contribution in [0, 0.1) is 18.6 Å². The fraction of sp³-hybridized carbons (Fsp3) is 0.500. The molecule has 2 heterocycles. The molecule has 0 spiro atoms. The highest BCUT2D eigenvalue weighted by Gasteiger charge is 2.40. The lowest BCUT2D eigenvalue weighted by atomic mass is 9.96. The van der Waals surface area contributed by atoms with Crippen molar-refractivity contribution < 1.29 is 48.3 Å². The highest BCUT2D eigenvalue weighted by Crippen LogP contribution is 2.21. The first kappa shape index (κ1) is 32.2. The number of benzene rings is 1. The maximum atomic E-state index is 14.1. The van der Waals surface area contributed by atoms with Crippen LogP contribution < -0.4 is 0 Å². The molecule has 10 nitrogen and oxygen atoms in total. The topological polar surface area (TPSA) is 148 Å². The molecule has 0 radical (unpaired) electrons. The van der Waals surface area contributed by atoms with Gasteiger partial charge >= 0.3 is 17.9 Å². The molecule has 1 saturated heterocycles. The van der Waals surface area contributed by atoms with Crippen LogP contribution in [-0.4, -0.2) is 93.1 Å². The van der Waals surface area contributed by atoms with Gasteiger partial charge in [0.05, 0.1) is 26.1 Å². The van der Waals surface area contributed by atoms with Gasteiger partial charge in [0.15, 0.2) is 5.60 Å². The van der Waals surface area contributed by atoms with Crippen LogP contribution in [0.25, 0.3) is 0 Å². The summed E-state index contributed by atoms with van der Waals surface area (Å²) < 4.78 is 33.0. The van der Waals surface area contributed by atoms with Crippen LogP contribution in [0.5, 0.6) is 0 Å². The van der Waals surface area contributed by atoms with Gasteiger partial charge in [-0.25, -0.2) is 13.6 Å². The predicted molar refractivity (Wildman–Crippen MR) is 138 cm³/mol. The molecular formula is C26H34F2N2O8S. The number of ether oxygens (including phenoxy) is 1. The van der Waals surface area contributed by atoms with E-state index in [0.29, 0.717) is 12.1 Å². The molecule has 2 aromatic rings. The van der Waals surface area contributed by atoms with Crippen LogP contribution in [0.1, 0.15) is 35.3 Å². The minimum Gasteiger partial charge on any atom is -0.481 e. The molecule has 1 aromatic carbocycles. The van der Waals surface area contributed by atoms with Gasteiger partial charge in [-0.2, -0.15) is 0 Å². The molecule has 0 aliphatic carbocycles. The van der Waals surface area contributed by atoms with Crippen LogP contribution in [0.3, 0.4) is 0 Å². The molecule has 1 aromatic heterocycles. The maximum Gasteiger partial charge on any atom is 0.336 e. The quantitative estimate of drug-likeness (QED) is 0.282. The first-order valence-electron chi connectivity index (χ1n) is 12.3. The number of thiophene rings is 1. The number of aliphatic carboxylic acids is 3. The van der Waals surface area contributed by atoms with E-state index >= 15 is 0 Å². The molecule has 4 N–H and O–H groups in total. The summed E-state index contributed by atoms with van der Waals surface area (Å²) in [5.74, 6) is -5.75. The molecule has 3 rings (SSSR count). The van der Waals surface area contributed by atoms with Crippen LogP contribution in [0.15, 0.2) is 29.6 Å². The number of nitrogens with zero attached hydrogens (tertiary/aromatic N) is 2. The zero-order valence-electron chi connectivity index (χ0n) is 21.6. The highest BCUT2D eigenvalue weighted by atomic mass is 32.1. The summed E-state index contributed by atoms with van der Waals surface area (Å²) in [4.78, 5) is 36.4. The summed E-state index contributed by atoms with van der Waals surface area (Å²) in [5, 5.41) is 35.9. The largest absolute Gasteiger partial charge is 0.481 e. The molecule has 0 bridgehead atoms. The Morgan fingerprint density at radius 3 is 2.23 bits per heavy atom. The number of rotatable bonds is 13. The fourth-order valence-corrected chi connectivity index (χ4v) is 4.89. The number of carboxylic acids is 3. The smallest absolute Gasteiger partial charge is 0.336 e. The molecule has 0 saturated carbocycles. The number of morpholine rings is 1. The van der Waals surface area contributed by atoms with E-state index in [1.165, 1.54) is 28.6 Å². The second-order valence-electron chi connectivity index (χ2n) is 9.26. The molecule has 216 valence electrons. The predicted octanol–water partition coefficient (Wildman–Crippen LogP) is 2.81. The van der Waals surface area contributed by atoms with E-state index in [-0.39, 0.29) is 11.6 Å². The van der Waals surface area contributed by atoms with Crippen molar-refractivity contribution in [1.29, 1.82) is 0 Å². The number of halogens is 2. The molecule has 0 unspecified atom stereocenters. The molecule has 39 heavy (non-hydrogen) atoms. The van der Waals surface area contributed by atoms with Crippen molar-refractivity contribution in [2.75, 3.05) is 39.4 Å². The highest BCUT2D eigenvalue weighted by molar-refractivity contribution is 7.10. The third kappa shape index (κ3) is 11.3. The van der Waals surface area contributed by atoms with Gasteiger partial charge in [0, 0.05) is 43.2 Å². The van der Waals surface area contributed by atoms with E-state index in [1.807, 2.05) is 0 Å². The van der Waals surface area contributed by atoms with Gasteiger partial charge in [-0.05, 0) is 55.1 Å². The Morgan fingerprint density at radius 1 is 1.05 bits per heavy atom. The monoisotopic (exact) mass is 572 g/mol. The first-order valence-corrected chi connectivity index (χ1v) is 13.2.